The molecule has 0 spiro atoms. The van der Waals surface area contributed by atoms with E-state index in [-0.39, 0.29) is 5.91 Å². The normalized spacial score (nSPS) is 15.5. The van der Waals surface area contributed by atoms with Crippen molar-refractivity contribution in [3.05, 3.63) is 47.6 Å². The second kappa shape index (κ2) is 6.82. The summed E-state index contributed by atoms with van der Waals surface area (Å²) in [7, 11) is 0. The summed E-state index contributed by atoms with van der Waals surface area (Å²) in [4.78, 5) is 14.6. The maximum absolute atomic E-state index is 12.7. The monoisotopic (exact) mass is 353 g/mol. The molecule has 0 saturated carbocycles. The molecule has 7 nitrogen and oxygen atoms in total. The van der Waals surface area contributed by atoms with Crippen molar-refractivity contribution in [3.63, 3.8) is 0 Å². The minimum Gasteiger partial charge on any atom is -0.463 e. The topological polar surface area (TPSA) is 80.0 Å². The smallest absolute Gasteiger partial charge is 0.274 e. The number of carbonyl (C=O) groups excluding carboxylic acids is 1. The zero-order valence-corrected chi connectivity index (χ0v) is 15.1. The number of rotatable bonds is 4. The number of H-pyrrole nitrogens is 1. The first kappa shape index (κ1) is 16.6. The van der Waals surface area contributed by atoms with Crippen LogP contribution in [0.3, 0.4) is 0 Å². The minimum atomic E-state index is -0.0244. The fourth-order valence-electron chi connectivity index (χ4n) is 3.57. The van der Waals surface area contributed by atoms with Gasteiger partial charge < -0.3 is 9.32 Å². The van der Waals surface area contributed by atoms with Gasteiger partial charge >= 0.3 is 0 Å². The van der Waals surface area contributed by atoms with Gasteiger partial charge in [0, 0.05) is 31.4 Å². The number of likely N-dealkylation sites (tertiary alicyclic amines) is 1. The number of aromatic nitrogens is 4. The van der Waals surface area contributed by atoms with E-state index >= 15 is 0 Å². The third-order valence-electron chi connectivity index (χ3n) is 5.02. The molecule has 1 N–H and O–H groups in total. The highest BCUT2D eigenvalue weighted by Crippen LogP contribution is 2.23. The van der Waals surface area contributed by atoms with Gasteiger partial charge in [-0.2, -0.15) is 10.2 Å². The second-order valence-corrected chi connectivity index (χ2v) is 6.99. The lowest BCUT2D eigenvalue weighted by molar-refractivity contribution is 0.0675. The fraction of sp³-hybridized carbons (Fsp3) is 0.421. The molecule has 0 aromatic carbocycles. The van der Waals surface area contributed by atoms with Crippen LogP contribution in [0.2, 0.25) is 0 Å². The molecule has 1 aliphatic rings. The first-order valence-corrected chi connectivity index (χ1v) is 9.00. The molecule has 1 aliphatic heterocycles. The largest absolute Gasteiger partial charge is 0.463 e. The van der Waals surface area contributed by atoms with Crippen LogP contribution in [-0.4, -0.2) is 43.9 Å². The fourth-order valence-corrected chi connectivity index (χ4v) is 3.57. The summed E-state index contributed by atoms with van der Waals surface area (Å²) in [5, 5.41) is 11.6. The molecule has 1 fully saturated rings. The van der Waals surface area contributed by atoms with Crippen molar-refractivity contribution in [2.45, 2.75) is 33.2 Å². The summed E-state index contributed by atoms with van der Waals surface area (Å²) in [6.07, 6.45) is 3.57. The number of hydrogen-bond acceptors (Lipinski definition) is 4. The number of nitrogens with one attached hydrogen (secondary N) is 1. The van der Waals surface area contributed by atoms with Gasteiger partial charge in [-0.1, -0.05) is 0 Å². The van der Waals surface area contributed by atoms with E-state index in [2.05, 4.69) is 33.0 Å². The van der Waals surface area contributed by atoms with E-state index in [9.17, 15) is 4.79 Å². The predicted octanol–water partition coefficient (Wildman–Crippen LogP) is 3.04. The van der Waals surface area contributed by atoms with E-state index < -0.39 is 0 Å². The standard InChI is InChI=1S/C19H23N5O2/c1-13-10-14(2)24(22-13)12-15-5-7-23(8-6-15)19(25)17-11-16(20-21-17)18-4-3-9-26-18/h3-4,9-11,15H,5-8,12H2,1-2H3,(H,20,21). The zero-order valence-electron chi connectivity index (χ0n) is 15.1. The van der Waals surface area contributed by atoms with Crippen molar-refractivity contribution in [3.8, 4) is 11.5 Å². The van der Waals surface area contributed by atoms with E-state index in [1.807, 2.05) is 24.0 Å². The van der Waals surface area contributed by atoms with Crippen LogP contribution in [0.4, 0.5) is 0 Å². The molecule has 26 heavy (non-hydrogen) atoms. The molecule has 7 heteroatoms. The minimum absolute atomic E-state index is 0.0244. The third kappa shape index (κ3) is 3.29. The summed E-state index contributed by atoms with van der Waals surface area (Å²) >= 11 is 0. The van der Waals surface area contributed by atoms with Crippen LogP contribution in [0.1, 0.15) is 34.7 Å². The maximum atomic E-state index is 12.7. The molecular formula is C19H23N5O2. The SMILES string of the molecule is Cc1cc(C)n(CC2CCN(C(=O)c3cc(-c4ccco4)[nH]n3)CC2)n1. The number of aromatic amines is 1. The van der Waals surface area contributed by atoms with Gasteiger partial charge in [0.15, 0.2) is 11.5 Å². The summed E-state index contributed by atoms with van der Waals surface area (Å²) < 4.78 is 7.42. The van der Waals surface area contributed by atoms with Crippen molar-refractivity contribution < 1.29 is 9.21 Å². The van der Waals surface area contributed by atoms with Gasteiger partial charge in [0.05, 0.1) is 12.0 Å². The van der Waals surface area contributed by atoms with E-state index in [1.54, 1.807) is 12.3 Å². The lowest BCUT2D eigenvalue weighted by Gasteiger charge is -2.31. The highest BCUT2D eigenvalue weighted by atomic mass is 16.3. The molecule has 4 rings (SSSR count). The summed E-state index contributed by atoms with van der Waals surface area (Å²) in [5.41, 5.74) is 3.41. The number of nitrogens with zero attached hydrogens (tertiary/aromatic N) is 4. The Morgan fingerprint density at radius 3 is 2.77 bits per heavy atom. The molecule has 4 heterocycles. The third-order valence-corrected chi connectivity index (χ3v) is 5.02. The number of furan rings is 1. The predicted molar refractivity (Wildman–Crippen MR) is 96.6 cm³/mol. The van der Waals surface area contributed by atoms with Crippen molar-refractivity contribution in [1.29, 1.82) is 0 Å². The second-order valence-electron chi connectivity index (χ2n) is 6.99. The van der Waals surface area contributed by atoms with Gasteiger partial charge in [0.25, 0.3) is 5.91 Å². The van der Waals surface area contributed by atoms with Gasteiger partial charge in [0.2, 0.25) is 0 Å². The number of piperidine rings is 1. The van der Waals surface area contributed by atoms with Crippen LogP contribution >= 0.6 is 0 Å². The Balaban J connectivity index is 1.35. The number of carbonyl (C=O) groups is 1. The van der Waals surface area contributed by atoms with E-state index in [0.717, 1.165) is 43.9 Å². The average Bonchev–Trinajstić information content (AvgIpc) is 3.36. The molecular weight excluding hydrogens is 330 g/mol. The first-order valence-electron chi connectivity index (χ1n) is 9.00. The molecule has 0 unspecified atom stereocenters. The van der Waals surface area contributed by atoms with Crippen LogP contribution in [-0.2, 0) is 6.54 Å². The van der Waals surface area contributed by atoms with Crippen LogP contribution < -0.4 is 0 Å². The van der Waals surface area contributed by atoms with Crippen LogP contribution in [0, 0.1) is 19.8 Å². The molecule has 0 atom stereocenters. The molecule has 0 radical (unpaired) electrons. The van der Waals surface area contributed by atoms with E-state index in [1.165, 1.54) is 5.69 Å². The Bertz CT molecular complexity index is 885. The van der Waals surface area contributed by atoms with E-state index in [0.29, 0.717) is 17.4 Å². The van der Waals surface area contributed by atoms with E-state index in [4.69, 9.17) is 4.42 Å². The molecule has 1 saturated heterocycles. The van der Waals surface area contributed by atoms with Crippen LogP contribution in [0.15, 0.2) is 34.9 Å². The van der Waals surface area contributed by atoms with Gasteiger partial charge in [-0.25, -0.2) is 0 Å². The first-order chi connectivity index (χ1) is 12.6. The molecule has 1 amide bonds. The quantitative estimate of drug-likeness (QED) is 0.782. The Kier molecular flexibility index (Phi) is 4.36. The Morgan fingerprint density at radius 1 is 1.31 bits per heavy atom. The molecule has 0 aliphatic carbocycles. The number of aryl methyl sites for hydroxylation is 2. The Labute approximate surface area is 152 Å². The van der Waals surface area contributed by atoms with Crippen molar-refractivity contribution in [2.75, 3.05) is 13.1 Å². The maximum Gasteiger partial charge on any atom is 0.274 e. The van der Waals surface area contributed by atoms with Gasteiger partial charge in [-0.15, -0.1) is 0 Å². The lowest BCUT2D eigenvalue weighted by atomic mass is 9.96. The van der Waals surface area contributed by atoms with Gasteiger partial charge in [-0.3, -0.25) is 14.6 Å². The van der Waals surface area contributed by atoms with Crippen molar-refractivity contribution in [1.82, 2.24) is 24.9 Å². The van der Waals surface area contributed by atoms with Crippen LogP contribution in [0.5, 0.6) is 0 Å². The average molecular weight is 353 g/mol. The Hall–Kier alpha value is -2.83. The molecule has 136 valence electrons. The lowest BCUT2D eigenvalue weighted by Crippen LogP contribution is -2.39. The summed E-state index contributed by atoms with van der Waals surface area (Å²) in [6, 6.07) is 7.51. The molecule has 3 aromatic heterocycles. The van der Waals surface area contributed by atoms with Crippen molar-refractivity contribution >= 4 is 5.91 Å². The highest BCUT2D eigenvalue weighted by Gasteiger charge is 2.26. The van der Waals surface area contributed by atoms with Crippen LogP contribution in [0.25, 0.3) is 11.5 Å². The molecule has 0 bridgehead atoms. The van der Waals surface area contributed by atoms with Gasteiger partial charge in [-0.05, 0) is 50.8 Å². The number of amides is 1. The van der Waals surface area contributed by atoms with Gasteiger partial charge in [0.1, 0.15) is 5.69 Å². The van der Waals surface area contributed by atoms with Crippen molar-refractivity contribution in [2.24, 2.45) is 5.92 Å². The molecule has 3 aromatic rings. The Morgan fingerprint density at radius 2 is 2.12 bits per heavy atom. The summed E-state index contributed by atoms with van der Waals surface area (Å²) in [5.74, 6) is 1.21. The highest BCUT2D eigenvalue weighted by molar-refractivity contribution is 5.93. The number of hydrogen-bond donors (Lipinski definition) is 1. The summed E-state index contributed by atoms with van der Waals surface area (Å²) in [6.45, 7) is 6.54. The zero-order chi connectivity index (χ0) is 18.1.